The molecule has 14 heavy (non-hydrogen) atoms. The molecule has 4 unspecified atom stereocenters. The maximum Gasteiger partial charge on any atom is 0.0434 e. The van der Waals surface area contributed by atoms with Crippen LogP contribution in [0, 0.1) is 23.2 Å². The number of aliphatic hydroxyl groups is 2. The van der Waals surface area contributed by atoms with Gasteiger partial charge >= 0.3 is 0 Å². The lowest BCUT2D eigenvalue weighted by Gasteiger charge is -2.33. The van der Waals surface area contributed by atoms with Crippen LogP contribution in [-0.4, -0.2) is 23.4 Å². The number of rotatable bonds is 4. The molecule has 0 radical (unpaired) electrons. The van der Waals surface area contributed by atoms with Gasteiger partial charge in [0.2, 0.25) is 0 Å². The zero-order valence-corrected chi connectivity index (χ0v) is 8.82. The minimum absolute atomic E-state index is 0.281. The van der Waals surface area contributed by atoms with Gasteiger partial charge in [0.05, 0.1) is 0 Å². The van der Waals surface area contributed by atoms with E-state index in [4.69, 9.17) is 10.2 Å². The van der Waals surface area contributed by atoms with Crippen LogP contribution in [0.15, 0.2) is 12.2 Å². The van der Waals surface area contributed by atoms with Gasteiger partial charge < -0.3 is 10.2 Å². The normalized spacial score (nSPS) is 44.9. The fraction of sp³-hybridized carbons (Fsp3) is 0.833. The smallest absolute Gasteiger partial charge is 0.0434 e. The molecule has 2 bridgehead atoms. The van der Waals surface area contributed by atoms with E-state index < -0.39 is 0 Å². The van der Waals surface area contributed by atoms with Crippen molar-refractivity contribution in [1.29, 1.82) is 0 Å². The predicted molar refractivity (Wildman–Crippen MR) is 55.7 cm³/mol. The molecule has 0 aromatic heterocycles. The molecule has 2 nitrogen and oxygen atoms in total. The van der Waals surface area contributed by atoms with Crippen molar-refractivity contribution in [3.8, 4) is 0 Å². The molecule has 0 amide bonds. The fourth-order valence-electron chi connectivity index (χ4n) is 3.59. The van der Waals surface area contributed by atoms with Crippen LogP contribution in [0.5, 0.6) is 0 Å². The third kappa shape index (κ3) is 1.41. The Morgan fingerprint density at radius 2 is 2.00 bits per heavy atom. The molecule has 0 saturated heterocycles. The Kier molecular flexibility index (Phi) is 2.67. The lowest BCUT2D eigenvalue weighted by atomic mass is 9.72. The highest BCUT2D eigenvalue weighted by Crippen LogP contribution is 2.58. The zero-order valence-electron chi connectivity index (χ0n) is 8.82. The third-order valence-corrected chi connectivity index (χ3v) is 4.22. The van der Waals surface area contributed by atoms with Crippen LogP contribution in [-0.2, 0) is 0 Å². The predicted octanol–water partition coefficient (Wildman–Crippen LogP) is 1.58. The maximum atomic E-state index is 9.07. The van der Waals surface area contributed by atoms with E-state index in [1.807, 2.05) is 0 Å². The number of allylic oxidation sites excluding steroid dienone is 2. The molecule has 2 rings (SSSR count). The number of aliphatic hydroxyl groups excluding tert-OH is 2. The summed E-state index contributed by atoms with van der Waals surface area (Å²) in [6, 6.07) is 0. The third-order valence-electron chi connectivity index (χ3n) is 4.22. The summed E-state index contributed by atoms with van der Waals surface area (Å²) in [4.78, 5) is 0. The Balaban J connectivity index is 2.13. The molecular weight excluding hydrogens is 176 g/mol. The topological polar surface area (TPSA) is 40.5 Å². The summed E-state index contributed by atoms with van der Waals surface area (Å²) in [5.74, 6) is 1.83. The van der Waals surface area contributed by atoms with Crippen LogP contribution in [0.2, 0.25) is 0 Å². The Bertz CT molecular complexity index is 236. The average molecular weight is 196 g/mol. The maximum absolute atomic E-state index is 9.07. The number of hydrogen-bond acceptors (Lipinski definition) is 2. The Hall–Kier alpha value is -0.340. The van der Waals surface area contributed by atoms with Crippen molar-refractivity contribution in [2.75, 3.05) is 13.2 Å². The van der Waals surface area contributed by atoms with Crippen molar-refractivity contribution >= 4 is 0 Å². The second kappa shape index (κ2) is 3.67. The molecule has 0 heterocycles. The molecule has 2 aliphatic carbocycles. The van der Waals surface area contributed by atoms with Crippen molar-refractivity contribution in [3.05, 3.63) is 12.2 Å². The van der Waals surface area contributed by atoms with E-state index in [1.54, 1.807) is 0 Å². The molecule has 2 N–H and O–H groups in total. The molecule has 0 aliphatic heterocycles. The number of hydrogen-bond donors (Lipinski definition) is 2. The van der Waals surface area contributed by atoms with Crippen molar-refractivity contribution in [2.45, 2.75) is 26.2 Å². The second-order valence-corrected chi connectivity index (χ2v) is 5.03. The van der Waals surface area contributed by atoms with Crippen molar-refractivity contribution in [1.82, 2.24) is 0 Å². The van der Waals surface area contributed by atoms with Crippen molar-refractivity contribution in [2.24, 2.45) is 23.2 Å². The van der Waals surface area contributed by atoms with E-state index in [2.05, 4.69) is 19.1 Å². The minimum Gasteiger partial charge on any atom is -0.396 e. The van der Waals surface area contributed by atoms with Gasteiger partial charge in [0.1, 0.15) is 0 Å². The van der Waals surface area contributed by atoms with Crippen LogP contribution in [0.3, 0.4) is 0 Å². The van der Waals surface area contributed by atoms with E-state index in [9.17, 15) is 0 Å². The summed E-state index contributed by atoms with van der Waals surface area (Å²) in [5.41, 5.74) is 0.299. The first-order valence-electron chi connectivity index (χ1n) is 5.62. The standard InChI is InChI=1S/C12H20O2/c1-12-5-2-9(8-12)10(3-6-13)11(12)4-7-14/h2,5,9-11,13-14H,3-4,6-8H2,1H3. The van der Waals surface area contributed by atoms with Crippen LogP contribution < -0.4 is 0 Å². The van der Waals surface area contributed by atoms with Crippen LogP contribution in [0.1, 0.15) is 26.2 Å². The molecule has 2 aliphatic rings. The van der Waals surface area contributed by atoms with Gasteiger partial charge in [0, 0.05) is 13.2 Å². The summed E-state index contributed by atoms with van der Waals surface area (Å²) in [6.45, 7) is 2.86. The summed E-state index contributed by atoms with van der Waals surface area (Å²) in [6.07, 6.45) is 7.65. The highest BCUT2D eigenvalue weighted by Gasteiger charge is 2.50. The van der Waals surface area contributed by atoms with Crippen molar-refractivity contribution < 1.29 is 10.2 Å². The van der Waals surface area contributed by atoms with Gasteiger partial charge in [0.15, 0.2) is 0 Å². The van der Waals surface area contributed by atoms with E-state index in [0.717, 1.165) is 12.8 Å². The molecule has 0 aromatic carbocycles. The molecular formula is C12H20O2. The van der Waals surface area contributed by atoms with E-state index in [0.29, 0.717) is 23.2 Å². The Labute approximate surface area is 85.6 Å². The van der Waals surface area contributed by atoms with E-state index >= 15 is 0 Å². The van der Waals surface area contributed by atoms with Crippen LogP contribution >= 0.6 is 0 Å². The first-order chi connectivity index (χ1) is 6.71. The first-order valence-corrected chi connectivity index (χ1v) is 5.62. The van der Waals surface area contributed by atoms with Crippen LogP contribution in [0.4, 0.5) is 0 Å². The lowest BCUT2D eigenvalue weighted by molar-refractivity contribution is 0.145. The summed E-state index contributed by atoms with van der Waals surface area (Å²) in [5, 5.41) is 18.1. The fourth-order valence-corrected chi connectivity index (χ4v) is 3.59. The monoisotopic (exact) mass is 196 g/mol. The van der Waals surface area contributed by atoms with Gasteiger partial charge in [-0.05, 0) is 42.4 Å². The minimum atomic E-state index is 0.281. The van der Waals surface area contributed by atoms with Gasteiger partial charge in [-0.3, -0.25) is 0 Å². The largest absolute Gasteiger partial charge is 0.396 e. The highest BCUT2D eigenvalue weighted by atomic mass is 16.3. The molecule has 0 spiro atoms. The van der Waals surface area contributed by atoms with E-state index in [1.165, 1.54) is 6.42 Å². The highest BCUT2D eigenvalue weighted by molar-refractivity contribution is 5.19. The van der Waals surface area contributed by atoms with Gasteiger partial charge in [-0.25, -0.2) is 0 Å². The van der Waals surface area contributed by atoms with Crippen molar-refractivity contribution in [3.63, 3.8) is 0 Å². The average Bonchev–Trinajstić information content (AvgIpc) is 2.64. The van der Waals surface area contributed by atoms with Gasteiger partial charge in [-0.2, -0.15) is 0 Å². The molecule has 0 aromatic rings. The quantitative estimate of drug-likeness (QED) is 0.670. The molecule has 80 valence electrons. The summed E-state index contributed by atoms with van der Waals surface area (Å²) >= 11 is 0. The first kappa shape index (κ1) is 10.2. The molecule has 1 saturated carbocycles. The van der Waals surface area contributed by atoms with Gasteiger partial charge in [0.25, 0.3) is 0 Å². The van der Waals surface area contributed by atoms with Crippen LogP contribution in [0.25, 0.3) is 0 Å². The van der Waals surface area contributed by atoms with Gasteiger partial charge in [-0.1, -0.05) is 19.1 Å². The Morgan fingerprint density at radius 1 is 1.29 bits per heavy atom. The summed E-state index contributed by atoms with van der Waals surface area (Å²) in [7, 11) is 0. The molecule has 2 heteroatoms. The SMILES string of the molecule is CC12C=CC(C1)C(CCO)C2CCO. The van der Waals surface area contributed by atoms with E-state index in [-0.39, 0.29) is 13.2 Å². The van der Waals surface area contributed by atoms with Gasteiger partial charge in [-0.15, -0.1) is 0 Å². The zero-order chi connectivity index (χ0) is 10.2. The lowest BCUT2D eigenvalue weighted by Crippen LogP contribution is -2.27. The number of fused-ring (bicyclic) bond motifs is 2. The second-order valence-electron chi connectivity index (χ2n) is 5.03. The molecule has 1 fully saturated rings. The summed E-state index contributed by atoms with van der Waals surface area (Å²) < 4.78 is 0. The Morgan fingerprint density at radius 3 is 2.64 bits per heavy atom. The molecule has 4 atom stereocenters.